The largest absolute Gasteiger partial charge is 0.379 e. The molecule has 5 nitrogen and oxygen atoms in total. The number of hydrogen-bond donors (Lipinski definition) is 1. The molecule has 0 amide bonds. The summed E-state index contributed by atoms with van der Waals surface area (Å²) in [5.74, 6) is 1.54. The van der Waals surface area contributed by atoms with E-state index in [-0.39, 0.29) is 29.5 Å². The van der Waals surface area contributed by atoms with Crippen LogP contribution in [-0.2, 0) is 4.74 Å². The van der Waals surface area contributed by atoms with Gasteiger partial charge in [-0.25, -0.2) is 0 Å². The van der Waals surface area contributed by atoms with Crippen molar-refractivity contribution >= 4 is 29.9 Å². The third-order valence-corrected chi connectivity index (χ3v) is 4.60. The van der Waals surface area contributed by atoms with Crippen molar-refractivity contribution in [3.63, 3.8) is 0 Å². The Bertz CT molecular complexity index is 335. The lowest BCUT2D eigenvalue weighted by molar-refractivity contribution is -0.00688. The monoisotopic (exact) mass is 410 g/mol. The number of morpholine rings is 1. The third-order valence-electron chi connectivity index (χ3n) is 4.60. The zero-order valence-corrected chi connectivity index (χ0v) is 16.0. The molecule has 0 atom stereocenters. The van der Waals surface area contributed by atoms with Gasteiger partial charge in [0.2, 0.25) is 0 Å². The Morgan fingerprint density at radius 2 is 1.76 bits per heavy atom. The summed E-state index contributed by atoms with van der Waals surface area (Å²) in [6.07, 6.45) is 2.45. The number of hydrogen-bond acceptors (Lipinski definition) is 3. The predicted octanol–water partition coefficient (Wildman–Crippen LogP) is 1.76. The highest BCUT2D eigenvalue weighted by atomic mass is 127. The molecule has 0 bridgehead atoms. The van der Waals surface area contributed by atoms with E-state index >= 15 is 0 Å². The zero-order valence-electron chi connectivity index (χ0n) is 13.7. The van der Waals surface area contributed by atoms with Crippen LogP contribution >= 0.6 is 24.0 Å². The van der Waals surface area contributed by atoms with Gasteiger partial charge in [0.15, 0.2) is 5.96 Å². The average Bonchev–Trinajstić information content (AvgIpc) is 2.46. The molecule has 0 saturated carbocycles. The van der Waals surface area contributed by atoms with Crippen LogP contribution < -0.4 is 5.73 Å². The number of piperidine rings is 1. The highest BCUT2D eigenvalue weighted by molar-refractivity contribution is 14.0. The Labute approximate surface area is 146 Å². The molecule has 0 unspecified atom stereocenters. The highest BCUT2D eigenvalue weighted by Crippen LogP contribution is 2.18. The number of halogens is 1. The molecule has 0 aliphatic carbocycles. The Morgan fingerprint density at radius 1 is 1.19 bits per heavy atom. The molecular formula is C15H31IN4O. The standard InChI is InChI=1S/C15H30N4O.HI/c1-13-4-6-18(7-5-13)14(16)17-12-15(2,3)19-8-10-20-11-9-19;/h13H,4-12H2,1-3H3,(H2,16,17);1H. The first-order valence-electron chi connectivity index (χ1n) is 7.87. The third kappa shape index (κ3) is 5.56. The number of rotatable bonds is 3. The van der Waals surface area contributed by atoms with E-state index in [0.717, 1.165) is 57.8 Å². The SMILES string of the molecule is CC1CCN(C(N)=NCC(C)(C)N2CCOCC2)CC1.I. The summed E-state index contributed by atoms with van der Waals surface area (Å²) < 4.78 is 5.42. The van der Waals surface area contributed by atoms with Crippen LogP contribution in [0, 0.1) is 5.92 Å². The second-order valence-electron chi connectivity index (χ2n) is 6.76. The fraction of sp³-hybridized carbons (Fsp3) is 0.933. The van der Waals surface area contributed by atoms with E-state index in [1.165, 1.54) is 12.8 Å². The van der Waals surface area contributed by atoms with Crippen LogP contribution in [0.1, 0.15) is 33.6 Å². The molecule has 0 aromatic carbocycles. The van der Waals surface area contributed by atoms with Gasteiger partial charge in [-0.2, -0.15) is 0 Å². The smallest absolute Gasteiger partial charge is 0.191 e. The van der Waals surface area contributed by atoms with Gasteiger partial charge < -0.3 is 15.4 Å². The second kappa shape index (κ2) is 8.53. The maximum absolute atomic E-state index is 6.16. The topological polar surface area (TPSA) is 54.1 Å². The number of ether oxygens (including phenoxy) is 1. The summed E-state index contributed by atoms with van der Waals surface area (Å²) in [5.41, 5.74) is 6.22. The van der Waals surface area contributed by atoms with E-state index in [0.29, 0.717) is 0 Å². The summed E-state index contributed by atoms with van der Waals surface area (Å²) in [5, 5.41) is 0. The molecule has 0 radical (unpaired) electrons. The Hall–Kier alpha value is -0.0800. The molecule has 2 saturated heterocycles. The lowest BCUT2D eigenvalue weighted by Gasteiger charge is -2.40. The minimum atomic E-state index is 0. The average molecular weight is 410 g/mol. The van der Waals surface area contributed by atoms with Gasteiger partial charge in [0.05, 0.1) is 19.8 Å². The fourth-order valence-electron chi connectivity index (χ4n) is 2.88. The number of aliphatic imine (C=N–C) groups is 1. The normalized spacial score (nSPS) is 23.0. The summed E-state index contributed by atoms with van der Waals surface area (Å²) >= 11 is 0. The van der Waals surface area contributed by atoms with Crippen molar-refractivity contribution in [3.8, 4) is 0 Å². The summed E-state index contributed by atoms with van der Waals surface area (Å²) in [6, 6.07) is 0. The van der Waals surface area contributed by atoms with Crippen molar-refractivity contribution in [2.45, 2.75) is 39.2 Å². The summed E-state index contributed by atoms with van der Waals surface area (Å²) in [6.45, 7) is 13.3. The maximum atomic E-state index is 6.16. The van der Waals surface area contributed by atoms with E-state index in [1.54, 1.807) is 0 Å². The van der Waals surface area contributed by atoms with Gasteiger partial charge in [-0.3, -0.25) is 9.89 Å². The predicted molar refractivity (Wildman–Crippen MR) is 98.3 cm³/mol. The van der Waals surface area contributed by atoms with Crippen LogP contribution in [0.3, 0.4) is 0 Å². The van der Waals surface area contributed by atoms with Crippen molar-refractivity contribution in [1.82, 2.24) is 9.80 Å². The molecule has 2 N–H and O–H groups in total. The van der Waals surface area contributed by atoms with Gasteiger partial charge in [0.25, 0.3) is 0 Å². The molecule has 0 spiro atoms. The van der Waals surface area contributed by atoms with E-state index in [9.17, 15) is 0 Å². The maximum Gasteiger partial charge on any atom is 0.191 e. The van der Waals surface area contributed by atoms with Gasteiger partial charge in [-0.05, 0) is 32.6 Å². The molecule has 2 fully saturated rings. The Kier molecular flexibility index (Phi) is 7.70. The minimum Gasteiger partial charge on any atom is -0.379 e. The van der Waals surface area contributed by atoms with Gasteiger partial charge in [-0.15, -0.1) is 24.0 Å². The Balaban J connectivity index is 0.00000220. The first-order chi connectivity index (χ1) is 9.49. The van der Waals surface area contributed by atoms with Crippen molar-refractivity contribution in [2.24, 2.45) is 16.6 Å². The molecule has 2 rings (SSSR count). The summed E-state index contributed by atoms with van der Waals surface area (Å²) in [4.78, 5) is 9.34. The van der Waals surface area contributed by atoms with E-state index in [2.05, 4.69) is 35.6 Å². The fourth-order valence-corrected chi connectivity index (χ4v) is 2.88. The molecule has 2 heterocycles. The highest BCUT2D eigenvalue weighted by Gasteiger charge is 2.28. The molecule has 2 aliphatic rings. The molecule has 0 aromatic rings. The zero-order chi connectivity index (χ0) is 14.6. The second-order valence-corrected chi connectivity index (χ2v) is 6.76. The van der Waals surface area contributed by atoms with Gasteiger partial charge in [0.1, 0.15) is 0 Å². The van der Waals surface area contributed by atoms with Crippen LogP contribution in [0.5, 0.6) is 0 Å². The van der Waals surface area contributed by atoms with Crippen molar-refractivity contribution in [1.29, 1.82) is 0 Å². The van der Waals surface area contributed by atoms with Crippen LogP contribution in [-0.4, -0.2) is 67.2 Å². The summed E-state index contributed by atoms with van der Waals surface area (Å²) in [7, 11) is 0. The van der Waals surface area contributed by atoms with Crippen LogP contribution in [0.2, 0.25) is 0 Å². The first kappa shape index (κ1) is 19.0. The lowest BCUT2D eigenvalue weighted by Crippen LogP contribution is -2.52. The van der Waals surface area contributed by atoms with E-state index in [4.69, 9.17) is 10.5 Å². The van der Waals surface area contributed by atoms with Gasteiger partial charge in [0, 0.05) is 31.7 Å². The van der Waals surface area contributed by atoms with Gasteiger partial charge >= 0.3 is 0 Å². The van der Waals surface area contributed by atoms with Crippen LogP contribution in [0.4, 0.5) is 0 Å². The van der Waals surface area contributed by atoms with Crippen LogP contribution in [0.15, 0.2) is 4.99 Å². The van der Waals surface area contributed by atoms with Gasteiger partial charge in [-0.1, -0.05) is 6.92 Å². The van der Waals surface area contributed by atoms with Crippen molar-refractivity contribution < 1.29 is 4.74 Å². The number of likely N-dealkylation sites (tertiary alicyclic amines) is 1. The van der Waals surface area contributed by atoms with Crippen LogP contribution in [0.25, 0.3) is 0 Å². The molecule has 124 valence electrons. The van der Waals surface area contributed by atoms with Crippen molar-refractivity contribution in [2.75, 3.05) is 45.9 Å². The van der Waals surface area contributed by atoms with E-state index in [1.807, 2.05) is 0 Å². The number of nitrogens with zero attached hydrogens (tertiary/aromatic N) is 3. The Morgan fingerprint density at radius 3 is 2.33 bits per heavy atom. The number of nitrogens with two attached hydrogens (primary N) is 1. The molecule has 6 heteroatoms. The number of guanidine groups is 1. The quantitative estimate of drug-likeness (QED) is 0.438. The molecule has 21 heavy (non-hydrogen) atoms. The first-order valence-corrected chi connectivity index (χ1v) is 7.87. The lowest BCUT2D eigenvalue weighted by atomic mass is 9.99. The molecule has 2 aliphatic heterocycles. The molecule has 0 aromatic heterocycles. The van der Waals surface area contributed by atoms with E-state index < -0.39 is 0 Å². The van der Waals surface area contributed by atoms with Crippen molar-refractivity contribution in [3.05, 3.63) is 0 Å². The molecular weight excluding hydrogens is 379 g/mol. The minimum absolute atomic E-state index is 0.